The van der Waals surface area contributed by atoms with Crippen molar-refractivity contribution in [3.05, 3.63) is 0 Å². The zero-order valence-electron chi connectivity index (χ0n) is 7.94. The maximum absolute atomic E-state index is 8.89. The normalized spacial score (nSPS) is 8.00. The van der Waals surface area contributed by atoms with Crippen LogP contribution in [0.25, 0.3) is 0 Å². The van der Waals surface area contributed by atoms with Crippen molar-refractivity contribution >= 4 is 28.7 Å². The van der Waals surface area contributed by atoms with E-state index in [2.05, 4.69) is 20.8 Å². The van der Waals surface area contributed by atoms with E-state index >= 15 is 0 Å². The van der Waals surface area contributed by atoms with Crippen LogP contribution in [0.3, 0.4) is 0 Å². The number of carboxylic acids is 1. The van der Waals surface area contributed by atoms with Gasteiger partial charge in [-0.1, -0.05) is 0 Å². The quantitative estimate of drug-likeness (QED) is 0.718. The summed E-state index contributed by atoms with van der Waals surface area (Å²) in [5, 5.41) is 8.89. The number of hydrogen-bond acceptors (Lipinski definition) is 2. The average Bonchev–Trinajstić information content (AvgIpc) is 1.90. The van der Waals surface area contributed by atoms with E-state index in [0.717, 1.165) is 6.92 Å². The second-order valence-electron chi connectivity index (χ2n) is 2.30. The van der Waals surface area contributed by atoms with Gasteiger partial charge in [-0.05, 0) is 6.92 Å². The van der Waals surface area contributed by atoms with Gasteiger partial charge in [0.15, 0.2) is 0 Å². The molecule has 0 aliphatic rings. The molecule has 0 N–H and O–H groups in total. The van der Waals surface area contributed by atoms with Crippen molar-refractivity contribution in [2.75, 3.05) is 0 Å². The predicted octanol–water partition coefficient (Wildman–Crippen LogP) is 1.30. The molecule has 0 aliphatic heterocycles. The second-order valence-corrected chi connectivity index (χ2v) is 16.4. The summed E-state index contributed by atoms with van der Waals surface area (Å²) >= 11 is -0.789. The van der Waals surface area contributed by atoms with Gasteiger partial charge < -0.3 is 9.90 Å². The molecule has 0 aliphatic carbocycles. The molecule has 3 heteroatoms. The zero-order valence-corrected chi connectivity index (χ0v) is 11.8. The monoisotopic (exact) mass is 354 g/mol. The number of aliphatic carboxylic acids is 1. The van der Waals surface area contributed by atoms with Gasteiger partial charge in [0.2, 0.25) is 0 Å². The molecular weight excluding hydrogens is 335 g/mol. The van der Waals surface area contributed by atoms with Gasteiger partial charge in [0.1, 0.15) is 0 Å². The van der Waals surface area contributed by atoms with Gasteiger partial charge in [-0.3, -0.25) is 0 Å². The van der Waals surface area contributed by atoms with Crippen LogP contribution in [0.1, 0.15) is 27.7 Å². The zero-order chi connectivity index (χ0) is 9.28. The Morgan fingerprint density at radius 3 is 1.36 bits per heavy atom. The van der Waals surface area contributed by atoms with Crippen molar-refractivity contribution in [1.29, 1.82) is 0 Å². The fraction of sp³-hybridized carbons (Fsp3) is 0.875. The molecule has 2 nitrogen and oxygen atoms in total. The standard InChI is InChI=1S/C2H4O2.3C2H5.Pb/c1-2(3)4;3*1-2;/h1H3,(H,3,4);3*1H2,2H3;/q;;;;+1/p-1. The van der Waals surface area contributed by atoms with Gasteiger partial charge >= 0.3 is 55.4 Å². The molecule has 0 amide bonds. The summed E-state index contributed by atoms with van der Waals surface area (Å²) in [6.07, 6.45) is 0. The molecule has 0 saturated heterocycles. The molecule has 0 fully saturated rings. The Bertz CT molecular complexity index is 80.6. The third kappa shape index (κ3) is 17.9. The number of carboxylic acid groups (broad SMARTS) is 1. The van der Waals surface area contributed by atoms with Crippen LogP contribution >= 0.6 is 0 Å². The van der Waals surface area contributed by atoms with Crippen molar-refractivity contribution in [3.63, 3.8) is 0 Å². The van der Waals surface area contributed by atoms with Crippen molar-refractivity contribution in [2.24, 2.45) is 0 Å². The molecule has 0 rings (SSSR count). The molecule has 0 atom stereocenters. The molecule has 11 heavy (non-hydrogen) atoms. The van der Waals surface area contributed by atoms with Crippen LogP contribution in [0.4, 0.5) is 0 Å². The Morgan fingerprint density at radius 1 is 1.18 bits per heavy atom. The molecule has 0 aromatic rings. The summed E-state index contributed by atoms with van der Waals surface area (Å²) in [7, 11) is 0. The number of carbonyl (C=O) groups is 1. The van der Waals surface area contributed by atoms with Gasteiger partial charge in [-0.25, -0.2) is 0 Å². The van der Waals surface area contributed by atoms with Crippen molar-refractivity contribution < 1.29 is 9.90 Å². The molecule has 0 unspecified atom stereocenters. The fourth-order valence-electron chi connectivity index (χ4n) is 0.750. The first kappa shape index (κ1) is 13.9. The SMILES string of the molecule is CC(=O)[O-].C[CH2][Pb+]([CH2]C)[CH2]C. The van der Waals surface area contributed by atoms with E-state index in [1.54, 1.807) is 11.9 Å². The molecule has 0 bridgehead atoms. The van der Waals surface area contributed by atoms with Gasteiger partial charge in [-0.15, -0.1) is 0 Å². The third-order valence-electron chi connectivity index (χ3n) is 1.50. The van der Waals surface area contributed by atoms with E-state index in [0.29, 0.717) is 0 Å². The van der Waals surface area contributed by atoms with Crippen molar-refractivity contribution in [2.45, 2.75) is 39.6 Å². The van der Waals surface area contributed by atoms with Crippen LogP contribution in [0, 0.1) is 0 Å². The number of rotatable bonds is 3. The van der Waals surface area contributed by atoms with Crippen LogP contribution < -0.4 is 5.11 Å². The first-order valence-electron chi connectivity index (χ1n) is 4.09. The van der Waals surface area contributed by atoms with Gasteiger partial charge in [-0.2, -0.15) is 0 Å². The van der Waals surface area contributed by atoms with Crippen LogP contribution in [-0.2, 0) is 4.79 Å². The summed E-state index contributed by atoms with van der Waals surface area (Å²) in [4.78, 5) is 8.89. The van der Waals surface area contributed by atoms with E-state index in [4.69, 9.17) is 9.90 Å². The predicted molar refractivity (Wildman–Crippen MR) is 47.9 cm³/mol. The minimum atomic E-state index is -1.08. The third-order valence-corrected chi connectivity index (χ3v) is 13.2. The molecule has 0 aromatic carbocycles. The first-order valence-corrected chi connectivity index (χ1v) is 12.3. The molecule has 0 aromatic heterocycles. The van der Waals surface area contributed by atoms with Crippen LogP contribution in [0.5, 0.6) is 0 Å². The summed E-state index contributed by atoms with van der Waals surface area (Å²) < 4.78 is 4.70. The van der Waals surface area contributed by atoms with Gasteiger partial charge in [0.05, 0.1) is 0 Å². The Kier molecular flexibility index (Phi) is 13.2. The molecule has 0 radical (unpaired) electrons. The average molecular weight is 353 g/mol. The van der Waals surface area contributed by atoms with Gasteiger partial charge in [0.25, 0.3) is 0 Å². The number of carbonyl (C=O) groups excluding carboxylic acids is 1. The summed E-state index contributed by atoms with van der Waals surface area (Å²) in [6, 6.07) is 0. The fourth-order valence-corrected chi connectivity index (χ4v) is 6.58. The van der Waals surface area contributed by atoms with Crippen molar-refractivity contribution in [3.8, 4) is 0 Å². The molecular formula is C8H18O2Pb. The topological polar surface area (TPSA) is 40.1 Å². The first-order chi connectivity index (χ1) is 5.08. The second kappa shape index (κ2) is 10.4. The Labute approximate surface area is 78.1 Å². The van der Waals surface area contributed by atoms with Crippen molar-refractivity contribution in [1.82, 2.24) is 0 Å². The van der Waals surface area contributed by atoms with E-state index in [1.165, 1.54) is 0 Å². The van der Waals surface area contributed by atoms with E-state index in [1.807, 2.05) is 0 Å². The maximum atomic E-state index is 8.89. The summed E-state index contributed by atoms with van der Waals surface area (Å²) in [5.74, 6) is -1.08. The molecule has 0 spiro atoms. The number of hydrogen-bond donors (Lipinski definition) is 0. The molecule has 66 valence electrons. The Hall–Kier alpha value is 0.392. The van der Waals surface area contributed by atoms with E-state index in [-0.39, 0.29) is 0 Å². The Morgan fingerprint density at radius 2 is 1.36 bits per heavy atom. The van der Waals surface area contributed by atoms with Gasteiger partial charge in [0, 0.05) is 5.97 Å². The molecule has 0 heterocycles. The van der Waals surface area contributed by atoms with Crippen LogP contribution in [0.15, 0.2) is 0 Å². The van der Waals surface area contributed by atoms with Crippen LogP contribution in [-0.4, -0.2) is 28.7 Å². The van der Waals surface area contributed by atoms with E-state index < -0.39 is 28.7 Å². The summed E-state index contributed by atoms with van der Waals surface area (Å²) in [5.41, 5.74) is 0. The molecule has 0 saturated carbocycles. The Balaban J connectivity index is 0. The summed E-state index contributed by atoms with van der Waals surface area (Å²) in [6.45, 7) is 8.04. The minimum absolute atomic E-state index is 0.789. The van der Waals surface area contributed by atoms with Crippen LogP contribution in [0.2, 0.25) is 11.9 Å². The van der Waals surface area contributed by atoms with E-state index in [9.17, 15) is 0 Å².